The van der Waals surface area contributed by atoms with Crippen molar-refractivity contribution in [2.75, 3.05) is 5.32 Å². The second kappa shape index (κ2) is 5.85. The van der Waals surface area contributed by atoms with E-state index in [-0.39, 0.29) is 11.1 Å². The lowest BCUT2D eigenvalue weighted by molar-refractivity contribution is 0.0697. The number of halogens is 1. The van der Waals surface area contributed by atoms with Gasteiger partial charge in [-0.05, 0) is 42.0 Å². The molecule has 20 heavy (non-hydrogen) atoms. The van der Waals surface area contributed by atoms with Gasteiger partial charge in [0.25, 0.3) is 0 Å². The van der Waals surface area contributed by atoms with Crippen LogP contribution in [0.1, 0.15) is 21.5 Å². The molecule has 0 saturated heterocycles. The van der Waals surface area contributed by atoms with Crippen LogP contribution >= 0.6 is 0 Å². The Hall–Kier alpha value is -2.87. The highest BCUT2D eigenvalue weighted by atomic mass is 19.1. The third kappa shape index (κ3) is 3.12. The van der Waals surface area contributed by atoms with E-state index >= 15 is 0 Å². The Kier molecular flexibility index (Phi) is 3.96. The number of hydrogen-bond acceptors (Lipinski definition) is 3. The zero-order chi connectivity index (χ0) is 14.5. The van der Waals surface area contributed by atoms with Crippen molar-refractivity contribution in [2.45, 2.75) is 6.54 Å². The summed E-state index contributed by atoms with van der Waals surface area (Å²) < 4.78 is 13.2. The van der Waals surface area contributed by atoms with Crippen LogP contribution in [0.3, 0.4) is 0 Å². The molecule has 0 amide bonds. The first-order valence-corrected chi connectivity index (χ1v) is 5.86. The first-order valence-electron chi connectivity index (χ1n) is 5.86. The lowest BCUT2D eigenvalue weighted by Gasteiger charge is -2.07. The van der Waals surface area contributed by atoms with Gasteiger partial charge in [-0.15, -0.1) is 0 Å². The molecule has 2 aromatic carbocycles. The fourth-order valence-corrected chi connectivity index (χ4v) is 1.70. The van der Waals surface area contributed by atoms with Crippen molar-refractivity contribution < 1.29 is 14.3 Å². The Morgan fingerprint density at radius 2 is 1.95 bits per heavy atom. The minimum atomic E-state index is -0.978. The van der Waals surface area contributed by atoms with Gasteiger partial charge in [-0.1, -0.05) is 6.07 Å². The zero-order valence-corrected chi connectivity index (χ0v) is 10.4. The molecule has 0 aliphatic rings. The number of aromatic carboxylic acids is 1. The van der Waals surface area contributed by atoms with E-state index in [2.05, 4.69) is 5.32 Å². The Morgan fingerprint density at radius 3 is 2.55 bits per heavy atom. The Balaban J connectivity index is 2.05. The molecular formula is C15H11FN2O2. The Morgan fingerprint density at radius 1 is 1.25 bits per heavy atom. The molecule has 4 nitrogen and oxygen atoms in total. The van der Waals surface area contributed by atoms with E-state index in [0.717, 1.165) is 11.3 Å². The van der Waals surface area contributed by atoms with Crippen LogP contribution < -0.4 is 5.32 Å². The van der Waals surface area contributed by atoms with E-state index in [4.69, 9.17) is 10.4 Å². The minimum absolute atomic E-state index is 0.00512. The van der Waals surface area contributed by atoms with Crippen molar-refractivity contribution in [1.82, 2.24) is 0 Å². The lowest BCUT2D eigenvalue weighted by Crippen LogP contribution is -2.01. The van der Waals surface area contributed by atoms with Crippen LogP contribution in [0.2, 0.25) is 0 Å². The predicted molar refractivity (Wildman–Crippen MR) is 71.8 cm³/mol. The molecule has 0 radical (unpaired) electrons. The van der Waals surface area contributed by atoms with Crippen LogP contribution in [0.4, 0.5) is 10.1 Å². The molecule has 0 aliphatic carbocycles. The summed E-state index contributed by atoms with van der Waals surface area (Å²) in [7, 11) is 0. The molecule has 0 saturated carbocycles. The molecule has 2 rings (SSSR count). The van der Waals surface area contributed by atoms with Crippen LogP contribution in [0.5, 0.6) is 0 Å². The monoisotopic (exact) mass is 270 g/mol. The fraction of sp³-hybridized carbons (Fsp3) is 0.0667. The molecule has 0 spiro atoms. The molecule has 0 aromatic heterocycles. The van der Waals surface area contributed by atoms with Gasteiger partial charge in [0.05, 0.1) is 11.1 Å². The van der Waals surface area contributed by atoms with E-state index in [0.29, 0.717) is 6.54 Å². The fourth-order valence-electron chi connectivity index (χ4n) is 1.70. The summed E-state index contributed by atoms with van der Waals surface area (Å²) >= 11 is 0. The normalized spacial score (nSPS) is 9.80. The zero-order valence-electron chi connectivity index (χ0n) is 10.4. The molecule has 0 bridgehead atoms. The van der Waals surface area contributed by atoms with Crippen LogP contribution in [0.25, 0.3) is 0 Å². The quantitative estimate of drug-likeness (QED) is 0.895. The van der Waals surface area contributed by atoms with E-state index in [1.807, 2.05) is 0 Å². The summed E-state index contributed by atoms with van der Waals surface area (Å²) in [5.41, 5.74) is 1.73. The maximum atomic E-state index is 13.2. The topological polar surface area (TPSA) is 73.1 Å². The highest BCUT2D eigenvalue weighted by molar-refractivity contribution is 5.87. The smallest absolute Gasteiger partial charge is 0.335 e. The predicted octanol–water partition coefficient (Wildman–Crippen LogP) is 3.01. The molecule has 5 heteroatoms. The van der Waals surface area contributed by atoms with E-state index in [9.17, 15) is 9.18 Å². The number of anilines is 1. The first-order chi connectivity index (χ1) is 9.60. The number of carbonyl (C=O) groups is 1. The highest BCUT2D eigenvalue weighted by Gasteiger charge is 2.04. The second-order valence-electron chi connectivity index (χ2n) is 4.16. The van der Waals surface area contributed by atoms with Crippen molar-refractivity contribution in [1.29, 1.82) is 5.26 Å². The Bertz CT molecular complexity index is 675. The molecule has 2 aromatic rings. The molecular weight excluding hydrogens is 259 g/mol. The molecule has 0 aliphatic heterocycles. The number of carboxylic acid groups (broad SMARTS) is 1. The standard InChI is InChI=1S/C15H11FN2O2/c16-14-6-1-10(7-12(14)8-17)9-18-13-4-2-11(3-5-13)15(19)20/h1-7,18H,9H2,(H,19,20). The van der Waals surface area contributed by atoms with Crippen LogP contribution in [-0.2, 0) is 6.54 Å². The van der Waals surface area contributed by atoms with Gasteiger partial charge in [-0.25, -0.2) is 9.18 Å². The van der Waals surface area contributed by atoms with Crippen LogP contribution in [0.15, 0.2) is 42.5 Å². The summed E-state index contributed by atoms with van der Waals surface area (Å²) in [5, 5.41) is 20.6. The van der Waals surface area contributed by atoms with Gasteiger partial charge in [0.15, 0.2) is 0 Å². The Labute approximate surface area is 115 Å². The van der Waals surface area contributed by atoms with Gasteiger partial charge in [-0.3, -0.25) is 0 Å². The van der Waals surface area contributed by atoms with Crippen LogP contribution in [-0.4, -0.2) is 11.1 Å². The van der Waals surface area contributed by atoms with Gasteiger partial charge in [0.2, 0.25) is 0 Å². The van der Waals surface area contributed by atoms with Gasteiger partial charge in [0.1, 0.15) is 11.9 Å². The van der Waals surface area contributed by atoms with Gasteiger partial charge < -0.3 is 10.4 Å². The van der Waals surface area contributed by atoms with E-state index in [1.165, 1.54) is 24.3 Å². The van der Waals surface area contributed by atoms with Crippen molar-refractivity contribution in [2.24, 2.45) is 0 Å². The van der Waals surface area contributed by atoms with Gasteiger partial charge in [-0.2, -0.15) is 5.26 Å². The third-order valence-corrected chi connectivity index (χ3v) is 2.78. The molecule has 0 fully saturated rings. The van der Waals surface area contributed by atoms with Crippen molar-refractivity contribution >= 4 is 11.7 Å². The number of nitriles is 1. The summed E-state index contributed by atoms with van der Waals surface area (Å²) in [4.78, 5) is 10.7. The number of nitrogens with one attached hydrogen (secondary N) is 1. The largest absolute Gasteiger partial charge is 0.478 e. The van der Waals surface area contributed by atoms with E-state index in [1.54, 1.807) is 24.3 Å². The maximum absolute atomic E-state index is 13.2. The summed E-state index contributed by atoms with van der Waals surface area (Å²) in [5.74, 6) is -1.52. The molecule has 0 heterocycles. The average molecular weight is 270 g/mol. The van der Waals surface area contributed by atoms with E-state index < -0.39 is 11.8 Å². The SMILES string of the molecule is N#Cc1cc(CNc2ccc(C(=O)O)cc2)ccc1F. The summed E-state index contributed by atoms with van der Waals surface area (Å²) in [6, 6.07) is 12.4. The average Bonchev–Trinajstić information content (AvgIpc) is 2.46. The molecule has 2 N–H and O–H groups in total. The highest BCUT2D eigenvalue weighted by Crippen LogP contribution is 2.13. The number of carboxylic acids is 1. The third-order valence-electron chi connectivity index (χ3n) is 2.78. The van der Waals surface area contributed by atoms with Gasteiger partial charge >= 0.3 is 5.97 Å². The summed E-state index contributed by atoms with van der Waals surface area (Å²) in [6.07, 6.45) is 0. The molecule has 0 unspecified atom stereocenters. The lowest BCUT2D eigenvalue weighted by atomic mass is 10.1. The van der Waals surface area contributed by atoms with Crippen LogP contribution in [0, 0.1) is 17.1 Å². The van der Waals surface area contributed by atoms with Gasteiger partial charge in [0, 0.05) is 12.2 Å². The van der Waals surface area contributed by atoms with Crippen molar-refractivity contribution in [3.8, 4) is 6.07 Å². The van der Waals surface area contributed by atoms with Crippen molar-refractivity contribution in [3.05, 3.63) is 65.0 Å². The molecule has 100 valence electrons. The number of nitrogens with zero attached hydrogens (tertiary/aromatic N) is 1. The number of hydrogen-bond donors (Lipinski definition) is 2. The van der Waals surface area contributed by atoms with Crippen molar-refractivity contribution in [3.63, 3.8) is 0 Å². The second-order valence-corrected chi connectivity index (χ2v) is 4.16. The number of rotatable bonds is 4. The number of benzene rings is 2. The molecule has 0 atom stereocenters. The maximum Gasteiger partial charge on any atom is 0.335 e. The minimum Gasteiger partial charge on any atom is -0.478 e. The summed E-state index contributed by atoms with van der Waals surface area (Å²) in [6.45, 7) is 0.418. The first kappa shape index (κ1) is 13.6.